The molecule has 8 aromatic rings. The minimum Gasteiger partial charge on any atom is -0.492 e. The van der Waals surface area contributed by atoms with Gasteiger partial charge in [0.15, 0.2) is 0 Å². The highest BCUT2D eigenvalue weighted by molar-refractivity contribution is 6.33. The molecule has 4 aliphatic rings. The van der Waals surface area contributed by atoms with Crippen molar-refractivity contribution < 1.29 is 19.0 Å². The number of amides is 1. The van der Waals surface area contributed by atoms with Crippen molar-refractivity contribution in [3.05, 3.63) is 127 Å². The van der Waals surface area contributed by atoms with Crippen LogP contribution in [0.25, 0.3) is 43.4 Å². The molecule has 356 valence electrons. The summed E-state index contributed by atoms with van der Waals surface area (Å²) in [6.45, 7) is 9.99. The number of carbonyl (C=O) groups excluding carboxylic acids is 1. The van der Waals surface area contributed by atoms with E-state index >= 15 is 0 Å². The van der Waals surface area contributed by atoms with Gasteiger partial charge in [-0.25, -0.2) is 14.2 Å². The summed E-state index contributed by atoms with van der Waals surface area (Å²) in [6, 6.07) is 22.5. The molecule has 0 unspecified atom stereocenters. The first-order chi connectivity index (χ1) is 33.3. The van der Waals surface area contributed by atoms with Crippen LogP contribution in [0.2, 0.25) is 10.0 Å². The van der Waals surface area contributed by atoms with Gasteiger partial charge >= 0.3 is 6.09 Å². The summed E-state index contributed by atoms with van der Waals surface area (Å²) < 4.78 is 24.1. The zero-order valence-electron chi connectivity index (χ0n) is 38.6. The SMILES string of the molecule is CC(C)(C)OC(=O)N1CC(n2nc(Cn3cc4cc(OCC5CC5)c(Cl)cc4n3)c3ccccc3c2=O)C1.O=c1c2ccccc2c(Cn2cc3cc(OCC4CC4)c(Cl)cc3n2)nn1C1CNC1. The smallest absolute Gasteiger partial charge is 0.410 e. The normalized spacial score (nSPS) is 16.4. The minimum absolute atomic E-state index is 0.0410. The quantitative estimate of drug-likeness (QED) is 0.125. The molecule has 2 saturated carbocycles. The van der Waals surface area contributed by atoms with E-state index in [1.54, 1.807) is 9.58 Å². The second-order valence-corrected chi connectivity index (χ2v) is 20.5. The van der Waals surface area contributed by atoms with Crippen LogP contribution in [0, 0.1) is 11.8 Å². The Bertz CT molecular complexity index is 3400. The highest BCUT2D eigenvalue weighted by Crippen LogP contribution is 2.36. The molecule has 16 nitrogen and oxygen atoms in total. The molecule has 4 aromatic carbocycles. The number of ether oxygens (including phenoxy) is 3. The minimum atomic E-state index is -0.574. The molecule has 1 amide bonds. The average molecular weight is 972 g/mol. The summed E-state index contributed by atoms with van der Waals surface area (Å²) in [6.07, 6.45) is 8.42. The first-order valence-corrected chi connectivity index (χ1v) is 24.3. The van der Waals surface area contributed by atoms with Crippen molar-refractivity contribution in [2.45, 2.75) is 77.2 Å². The molecule has 69 heavy (non-hydrogen) atoms. The first-order valence-electron chi connectivity index (χ1n) is 23.6. The Labute approximate surface area is 406 Å². The van der Waals surface area contributed by atoms with Crippen LogP contribution in [0.1, 0.15) is 69.9 Å². The van der Waals surface area contributed by atoms with E-state index in [-0.39, 0.29) is 29.3 Å². The molecule has 6 heterocycles. The Morgan fingerprint density at radius 2 is 1.10 bits per heavy atom. The van der Waals surface area contributed by atoms with Gasteiger partial charge in [-0.3, -0.25) is 19.0 Å². The molecule has 0 radical (unpaired) electrons. The predicted molar refractivity (Wildman–Crippen MR) is 265 cm³/mol. The number of carbonyl (C=O) groups is 1. The summed E-state index contributed by atoms with van der Waals surface area (Å²) in [5, 5.41) is 28.0. The van der Waals surface area contributed by atoms with E-state index in [1.807, 2.05) is 115 Å². The fraction of sp³-hybridized carbons (Fsp3) is 0.392. The van der Waals surface area contributed by atoms with Crippen molar-refractivity contribution in [1.82, 2.24) is 49.3 Å². The van der Waals surface area contributed by atoms with E-state index in [0.29, 0.717) is 83.5 Å². The number of rotatable bonds is 12. The van der Waals surface area contributed by atoms with E-state index in [9.17, 15) is 14.4 Å². The monoisotopic (exact) mass is 970 g/mol. The number of hydrogen-bond donors (Lipinski definition) is 1. The Morgan fingerprint density at radius 3 is 1.52 bits per heavy atom. The highest BCUT2D eigenvalue weighted by Gasteiger charge is 2.36. The molecular formula is C51H52Cl2N10O6. The second-order valence-electron chi connectivity index (χ2n) is 19.7. The lowest BCUT2D eigenvalue weighted by molar-refractivity contribution is -0.00103. The third-order valence-corrected chi connectivity index (χ3v) is 13.5. The molecular weight excluding hydrogens is 920 g/mol. The number of hydrogen-bond acceptors (Lipinski definition) is 11. The van der Waals surface area contributed by atoms with Crippen LogP contribution < -0.4 is 25.9 Å². The summed E-state index contributed by atoms with van der Waals surface area (Å²) in [5.74, 6) is 2.67. The number of likely N-dealkylation sites (tertiary alicyclic amines) is 1. The fourth-order valence-corrected chi connectivity index (χ4v) is 9.06. The van der Waals surface area contributed by atoms with Crippen LogP contribution >= 0.6 is 23.2 Å². The summed E-state index contributed by atoms with van der Waals surface area (Å²) in [5.41, 5.74) is 2.33. The number of fused-ring (bicyclic) bond motifs is 4. The fourth-order valence-electron chi connectivity index (χ4n) is 8.64. The number of nitrogens with one attached hydrogen (secondary N) is 1. The largest absolute Gasteiger partial charge is 0.492 e. The highest BCUT2D eigenvalue weighted by atomic mass is 35.5. The van der Waals surface area contributed by atoms with Gasteiger partial charge in [-0.2, -0.15) is 20.4 Å². The van der Waals surface area contributed by atoms with Gasteiger partial charge in [-0.15, -0.1) is 0 Å². The lowest BCUT2D eigenvalue weighted by atomic mass is 10.1. The standard InChI is InChI=1S/C28H30ClN5O4.C23H22ClN5O2/c1-28(2,3)38-27(36)32-13-19(14-32)34-26(35)21-7-5-4-6-20(21)24(31-34)15-33-12-18-10-25(37-16-17-8-9-17)22(29)11-23(18)30-33;24-19-8-20-15(7-22(19)31-13-14-5-6-14)11-28(26-20)12-21-17-3-1-2-4-18(17)23(30)29(27-21)16-9-25-10-16/h4-7,10-12,17,19H,8-9,13-16H2,1-3H3;1-4,7-8,11,14,16,25H,5-6,9-10,12-13H2. The van der Waals surface area contributed by atoms with Gasteiger partial charge in [0.2, 0.25) is 0 Å². The van der Waals surface area contributed by atoms with Gasteiger partial charge in [-0.1, -0.05) is 59.6 Å². The van der Waals surface area contributed by atoms with Crippen LogP contribution in [-0.4, -0.2) is 95.1 Å². The van der Waals surface area contributed by atoms with Crippen molar-refractivity contribution in [1.29, 1.82) is 0 Å². The van der Waals surface area contributed by atoms with Gasteiger partial charge < -0.3 is 24.4 Å². The zero-order chi connectivity index (χ0) is 47.6. The summed E-state index contributed by atoms with van der Waals surface area (Å²) >= 11 is 12.9. The van der Waals surface area contributed by atoms with Crippen molar-refractivity contribution in [2.75, 3.05) is 39.4 Å². The lowest BCUT2D eigenvalue weighted by Gasteiger charge is -2.39. The van der Waals surface area contributed by atoms with E-state index in [1.165, 1.54) is 30.4 Å². The van der Waals surface area contributed by atoms with Crippen molar-refractivity contribution in [3.63, 3.8) is 0 Å². The molecule has 12 rings (SSSR count). The van der Waals surface area contributed by atoms with Gasteiger partial charge in [0.05, 0.1) is 81.6 Å². The van der Waals surface area contributed by atoms with Crippen molar-refractivity contribution >= 4 is 72.6 Å². The Hall–Kier alpha value is -6.49. The third-order valence-electron chi connectivity index (χ3n) is 13.0. The molecule has 1 N–H and O–H groups in total. The Kier molecular flexibility index (Phi) is 11.8. The average Bonchev–Trinajstić information content (AvgIpc) is 4.22. The number of nitrogens with zero attached hydrogens (tertiary/aromatic N) is 9. The third kappa shape index (κ3) is 9.62. The van der Waals surface area contributed by atoms with E-state index < -0.39 is 5.60 Å². The molecule has 2 aliphatic carbocycles. The van der Waals surface area contributed by atoms with Crippen molar-refractivity contribution in [2.24, 2.45) is 11.8 Å². The number of aromatic nitrogens is 8. The van der Waals surface area contributed by atoms with E-state index in [2.05, 4.69) is 5.32 Å². The maximum atomic E-state index is 13.3. The molecule has 0 spiro atoms. The maximum Gasteiger partial charge on any atom is 0.410 e. The van der Waals surface area contributed by atoms with Crippen LogP contribution in [0.4, 0.5) is 4.79 Å². The number of halogens is 2. The van der Waals surface area contributed by atoms with Crippen molar-refractivity contribution in [3.8, 4) is 11.5 Å². The molecule has 4 fully saturated rings. The Morgan fingerprint density at radius 1 is 0.652 bits per heavy atom. The van der Waals surface area contributed by atoms with E-state index in [4.69, 9.17) is 57.8 Å². The van der Waals surface area contributed by atoms with Gasteiger partial charge in [0, 0.05) is 60.1 Å². The second kappa shape index (κ2) is 18.1. The van der Waals surface area contributed by atoms with Crippen LogP contribution in [-0.2, 0) is 17.8 Å². The van der Waals surface area contributed by atoms with Crippen LogP contribution in [0.3, 0.4) is 0 Å². The molecule has 18 heteroatoms. The zero-order valence-corrected chi connectivity index (χ0v) is 40.1. The Balaban J connectivity index is 0.000000154. The topological polar surface area (TPSA) is 165 Å². The molecule has 0 bridgehead atoms. The predicted octanol–water partition coefficient (Wildman–Crippen LogP) is 8.41. The van der Waals surface area contributed by atoms with Gasteiger partial charge in [0.25, 0.3) is 11.1 Å². The summed E-state index contributed by atoms with van der Waals surface area (Å²) in [7, 11) is 0. The first kappa shape index (κ1) is 45.0. The van der Waals surface area contributed by atoms with Gasteiger partial charge in [-0.05, 0) is 94.7 Å². The molecule has 0 atom stereocenters. The number of benzene rings is 4. The maximum absolute atomic E-state index is 13.3. The lowest BCUT2D eigenvalue weighted by Crippen LogP contribution is -2.54. The molecule has 4 aromatic heterocycles. The van der Waals surface area contributed by atoms with Crippen LogP contribution in [0.15, 0.2) is 94.8 Å². The van der Waals surface area contributed by atoms with E-state index in [0.717, 1.165) is 57.1 Å². The summed E-state index contributed by atoms with van der Waals surface area (Å²) in [4.78, 5) is 40.2. The molecule has 2 saturated heterocycles. The van der Waals surface area contributed by atoms with Crippen LogP contribution in [0.5, 0.6) is 11.5 Å². The van der Waals surface area contributed by atoms with Gasteiger partial charge in [0.1, 0.15) is 17.1 Å². The molecule has 2 aliphatic heterocycles.